The fourth-order valence-electron chi connectivity index (χ4n) is 2.13. The summed E-state index contributed by atoms with van der Waals surface area (Å²) in [6.45, 7) is 2.11. The van der Waals surface area contributed by atoms with E-state index in [0.717, 1.165) is 5.56 Å². The Morgan fingerprint density at radius 2 is 2.27 bits per heavy atom. The Kier molecular flexibility index (Phi) is 4.02. The van der Waals surface area contributed by atoms with Crippen LogP contribution in [0, 0.1) is 12.7 Å². The number of benzene rings is 1. The van der Waals surface area contributed by atoms with Crippen molar-refractivity contribution in [2.45, 2.75) is 13.5 Å². The average molecular weight is 316 g/mol. The Balaban J connectivity index is 1.87. The van der Waals surface area contributed by atoms with E-state index in [1.54, 1.807) is 30.4 Å². The number of nitrogens with zero attached hydrogens (tertiary/aromatic N) is 1. The highest BCUT2D eigenvalue weighted by molar-refractivity contribution is 7.07. The fraction of sp³-hybridized carbons (Fsp3) is 0.125. The first kappa shape index (κ1) is 14.5. The van der Waals surface area contributed by atoms with Crippen molar-refractivity contribution in [3.8, 4) is 11.3 Å². The monoisotopic (exact) mass is 316 g/mol. The SMILES string of the molecule is Cc1noc(-c2cccc(F)c2)c1C(=O)NCc1ccsc1. The Hall–Kier alpha value is -2.47. The van der Waals surface area contributed by atoms with Crippen LogP contribution in [0.2, 0.25) is 0 Å². The molecule has 0 aliphatic carbocycles. The lowest BCUT2D eigenvalue weighted by molar-refractivity contribution is 0.0950. The molecule has 0 saturated heterocycles. The standard InChI is InChI=1S/C16H13FN2O2S/c1-10-14(16(20)18-8-11-5-6-22-9-11)15(21-19-10)12-3-2-4-13(17)7-12/h2-7,9H,8H2,1H3,(H,18,20). The highest BCUT2D eigenvalue weighted by Crippen LogP contribution is 2.26. The number of aryl methyl sites for hydroxylation is 1. The number of hydrogen-bond acceptors (Lipinski definition) is 4. The molecule has 2 heterocycles. The zero-order valence-corrected chi connectivity index (χ0v) is 12.6. The second-order valence-corrected chi connectivity index (χ2v) is 5.58. The Morgan fingerprint density at radius 1 is 1.41 bits per heavy atom. The third-order valence-electron chi connectivity index (χ3n) is 3.21. The van der Waals surface area contributed by atoms with Crippen LogP contribution in [0.5, 0.6) is 0 Å². The van der Waals surface area contributed by atoms with Crippen molar-refractivity contribution in [1.82, 2.24) is 10.5 Å². The summed E-state index contributed by atoms with van der Waals surface area (Å²) in [5, 5.41) is 10.6. The molecule has 0 radical (unpaired) electrons. The third-order valence-corrected chi connectivity index (χ3v) is 3.94. The van der Waals surface area contributed by atoms with Crippen LogP contribution in [0.4, 0.5) is 4.39 Å². The third kappa shape index (κ3) is 2.92. The Bertz CT molecular complexity index is 796. The van der Waals surface area contributed by atoms with E-state index in [1.165, 1.54) is 12.1 Å². The maximum absolute atomic E-state index is 13.4. The highest BCUT2D eigenvalue weighted by atomic mass is 32.1. The summed E-state index contributed by atoms with van der Waals surface area (Å²) in [6.07, 6.45) is 0. The van der Waals surface area contributed by atoms with Crippen LogP contribution in [-0.4, -0.2) is 11.1 Å². The van der Waals surface area contributed by atoms with Gasteiger partial charge in [-0.05, 0) is 41.4 Å². The van der Waals surface area contributed by atoms with Crippen molar-refractivity contribution in [3.05, 3.63) is 63.7 Å². The molecular weight excluding hydrogens is 303 g/mol. The predicted molar refractivity (Wildman–Crippen MR) is 82.1 cm³/mol. The molecule has 112 valence electrons. The largest absolute Gasteiger partial charge is 0.355 e. The molecule has 0 saturated carbocycles. The van der Waals surface area contributed by atoms with Gasteiger partial charge in [0.2, 0.25) is 0 Å². The summed E-state index contributed by atoms with van der Waals surface area (Å²) < 4.78 is 18.6. The maximum atomic E-state index is 13.4. The van der Waals surface area contributed by atoms with Crippen molar-refractivity contribution in [2.24, 2.45) is 0 Å². The van der Waals surface area contributed by atoms with Crippen LogP contribution in [0.15, 0.2) is 45.6 Å². The van der Waals surface area contributed by atoms with Crippen molar-refractivity contribution in [1.29, 1.82) is 0 Å². The van der Waals surface area contributed by atoms with Crippen molar-refractivity contribution in [2.75, 3.05) is 0 Å². The molecule has 0 aliphatic heterocycles. The lowest BCUT2D eigenvalue weighted by Crippen LogP contribution is -2.23. The van der Waals surface area contributed by atoms with Gasteiger partial charge in [0.1, 0.15) is 11.4 Å². The van der Waals surface area contributed by atoms with Gasteiger partial charge in [0.25, 0.3) is 5.91 Å². The smallest absolute Gasteiger partial charge is 0.257 e. The van der Waals surface area contributed by atoms with Crippen LogP contribution in [-0.2, 0) is 6.54 Å². The van der Waals surface area contributed by atoms with Gasteiger partial charge in [0, 0.05) is 12.1 Å². The van der Waals surface area contributed by atoms with Gasteiger partial charge < -0.3 is 9.84 Å². The van der Waals surface area contributed by atoms with Gasteiger partial charge in [-0.2, -0.15) is 11.3 Å². The summed E-state index contributed by atoms with van der Waals surface area (Å²) in [5.41, 5.74) is 2.32. The number of nitrogens with one attached hydrogen (secondary N) is 1. The number of rotatable bonds is 4. The van der Waals surface area contributed by atoms with E-state index < -0.39 is 5.82 Å². The first-order chi connectivity index (χ1) is 10.6. The summed E-state index contributed by atoms with van der Waals surface area (Å²) >= 11 is 1.57. The minimum atomic E-state index is -0.392. The number of aromatic nitrogens is 1. The Labute approximate surface area is 130 Å². The first-order valence-corrected chi connectivity index (χ1v) is 7.61. The number of halogens is 1. The molecular formula is C16H13FN2O2S. The molecule has 0 fully saturated rings. The molecule has 6 heteroatoms. The summed E-state index contributed by atoms with van der Waals surface area (Å²) in [7, 11) is 0. The van der Waals surface area contributed by atoms with Crippen molar-refractivity contribution >= 4 is 17.2 Å². The van der Waals surface area contributed by atoms with E-state index >= 15 is 0 Å². The van der Waals surface area contributed by atoms with Gasteiger partial charge in [0.05, 0.1) is 5.69 Å². The van der Waals surface area contributed by atoms with Gasteiger partial charge in [-0.15, -0.1) is 0 Å². The molecule has 4 nitrogen and oxygen atoms in total. The van der Waals surface area contributed by atoms with Gasteiger partial charge in [0.15, 0.2) is 5.76 Å². The van der Waals surface area contributed by atoms with Crippen LogP contribution < -0.4 is 5.32 Å². The molecule has 0 bridgehead atoms. The second kappa shape index (κ2) is 6.11. The lowest BCUT2D eigenvalue weighted by Gasteiger charge is -2.05. The van der Waals surface area contributed by atoms with Gasteiger partial charge in [-0.3, -0.25) is 4.79 Å². The van der Waals surface area contributed by atoms with Crippen LogP contribution in [0.3, 0.4) is 0 Å². The number of carbonyl (C=O) groups is 1. The average Bonchev–Trinajstić information content (AvgIpc) is 3.14. The molecule has 1 N–H and O–H groups in total. The molecule has 0 spiro atoms. The predicted octanol–water partition coefficient (Wildman–Crippen LogP) is 3.78. The molecule has 3 aromatic rings. The zero-order valence-electron chi connectivity index (χ0n) is 11.8. The second-order valence-electron chi connectivity index (χ2n) is 4.80. The molecule has 0 unspecified atom stereocenters. The quantitative estimate of drug-likeness (QED) is 0.797. The normalized spacial score (nSPS) is 10.6. The first-order valence-electron chi connectivity index (χ1n) is 6.66. The van der Waals surface area contributed by atoms with E-state index in [4.69, 9.17) is 4.52 Å². The highest BCUT2D eigenvalue weighted by Gasteiger charge is 2.21. The lowest BCUT2D eigenvalue weighted by atomic mass is 10.1. The molecule has 1 amide bonds. The molecule has 1 aromatic carbocycles. The van der Waals surface area contributed by atoms with Crippen molar-refractivity contribution < 1.29 is 13.7 Å². The van der Waals surface area contributed by atoms with Gasteiger partial charge in [-0.1, -0.05) is 17.3 Å². The Morgan fingerprint density at radius 3 is 3.00 bits per heavy atom. The van der Waals surface area contributed by atoms with E-state index in [1.807, 2.05) is 16.8 Å². The summed E-state index contributed by atoms with van der Waals surface area (Å²) in [4.78, 5) is 12.4. The summed E-state index contributed by atoms with van der Waals surface area (Å²) in [6, 6.07) is 7.84. The maximum Gasteiger partial charge on any atom is 0.257 e. The number of hydrogen-bond donors (Lipinski definition) is 1. The fourth-order valence-corrected chi connectivity index (χ4v) is 2.80. The minimum Gasteiger partial charge on any atom is -0.355 e. The van der Waals surface area contributed by atoms with E-state index in [0.29, 0.717) is 23.4 Å². The zero-order chi connectivity index (χ0) is 15.5. The van der Waals surface area contributed by atoms with E-state index in [2.05, 4.69) is 10.5 Å². The molecule has 22 heavy (non-hydrogen) atoms. The topological polar surface area (TPSA) is 55.1 Å². The number of carbonyl (C=O) groups excluding carboxylic acids is 1. The molecule has 3 rings (SSSR count). The van der Waals surface area contributed by atoms with E-state index in [-0.39, 0.29) is 11.7 Å². The van der Waals surface area contributed by atoms with Gasteiger partial charge >= 0.3 is 0 Å². The minimum absolute atomic E-state index is 0.278. The molecule has 2 aromatic heterocycles. The molecule has 0 atom stereocenters. The van der Waals surface area contributed by atoms with Crippen LogP contribution in [0.1, 0.15) is 21.6 Å². The number of thiophene rings is 1. The van der Waals surface area contributed by atoms with Gasteiger partial charge in [-0.25, -0.2) is 4.39 Å². The summed E-state index contributed by atoms with van der Waals surface area (Å²) in [5.74, 6) is -0.403. The van der Waals surface area contributed by atoms with Crippen molar-refractivity contribution in [3.63, 3.8) is 0 Å². The number of amides is 1. The molecule has 0 aliphatic rings. The van der Waals surface area contributed by atoms with Crippen LogP contribution in [0.25, 0.3) is 11.3 Å². The van der Waals surface area contributed by atoms with E-state index in [9.17, 15) is 9.18 Å². The van der Waals surface area contributed by atoms with Crippen LogP contribution >= 0.6 is 11.3 Å².